The number of hydrogen-bond acceptors (Lipinski definition) is 5. The van der Waals surface area contributed by atoms with E-state index in [4.69, 9.17) is 4.98 Å². The highest BCUT2D eigenvalue weighted by molar-refractivity contribution is 7.98. The van der Waals surface area contributed by atoms with E-state index in [-0.39, 0.29) is 5.91 Å². The molecule has 0 bridgehead atoms. The van der Waals surface area contributed by atoms with Crippen LogP contribution in [0, 0.1) is 13.8 Å². The van der Waals surface area contributed by atoms with E-state index in [0.717, 1.165) is 26.4 Å². The number of carbonyl (C=O) groups is 1. The Balaban J connectivity index is 1.79. The van der Waals surface area contributed by atoms with E-state index in [2.05, 4.69) is 31.0 Å². The van der Waals surface area contributed by atoms with Gasteiger partial charge in [-0.05, 0) is 67.6 Å². The first-order chi connectivity index (χ1) is 14.0. The third-order valence-corrected chi connectivity index (χ3v) is 6.41. The van der Waals surface area contributed by atoms with Crippen LogP contribution in [0.25, 0.3) is 10.2 Å². The van der Waals surface area contributed by atoms with E-state index in [0.29, 0.717) is 17.2 Å². The van der Waals surface area contributed by atoms with Crippen LogP contribution in [-0.2, 0) is 6.54 Å². The van der Waals surface area contributed by atoms with Crippen molar-refractivity contribution in [2.45, 2.75) is 25.3 Å². The van der Waals surface area contributed by atoms with Crippen LogP contribution in [0.5, 0.6) is 0 Å². The Kier molecular flexibility index (Phi) is 5.65. The molecule has 6 heteroatoms. The molecule has 1 amide bonds. The third kappa shape index (κ3) is 4.18. The Morgan fingerprint density at radius 3 is 2.72 bits per heavy atom. The molecule has 0 saturated carbocycles. The molecule has 2 aromatic heterocycles. The van der Waals surface area contributed by atoms with Crippen molar-refractivity contribution < 1.29 is 4.79 Å². The van der Waals surface area contributed by atoms with Gasteiger partial charge in [-0.1, -0.05) is 29.5 Å². The number of carbonyl (C=O) groups excluding carboxylic acids is 1. The molecule has 146 valence electrons. The van der Waals surface area contributed by atoms with Crippen molar-refractivity contribution in [2.75, 3.05) is 11.2 Å². The summed E-state index contributed by atoms with van der Waals surface area (Å²) in [5, 5.41) is 0.693. The van der Waals surface area contributed by atoms with Crippen molar-refractivity contribution in [2.24, 2.45) is 0 Å². The van der Waals surface area contributed by atoms with Gasteiger partial charge in [0.15, 0.2) is 5.13 Å². The summed E-state index contributed by atoms with van der Waals surface area (Å²) in [6.07, 6.45) is 3.76. The molecule has 2 heterocycles. The summed E-state index contributed by atoms with van der Waals surface area (Å²) in [5.74, 6) is -0.0695. The standard InChI is InChI=1S/C23H21N3OS2/c1-15-11-16(2)21-20(12-15)29-23(25-21)26(14-18-8-4-5-10-24-18)22(27)17-7-6-9-19(13-17)28-3/h4-13H,14H2,1-3H3. The fraction of sp³-hybridized carbons (Fsp3) is 0.174. The second-order valence-corrected chi connectivity index (χ2v) is 8.76. The number of thioether (sulfide) groups is 1. The first-order valence-electron chi connectivity index (χ1n) is 9.29. The molecule has 0 radical (unpaired) electrons. The van der Waals surface area contributed by atoms with Gasteiger partial charge in [-0.25, -0.2) is 4.98 Å². The highest BCUT2D eigenvalue weighted by Crippen LogP contribution is 2.33. The summed E-state index contributed by atoms with van der Waals surface area (Å²) in [6.45, 7) is 4.52. The Bertz CT molecular complexity index is 1170. The second kappa shape index (κ2) is 8.35. The summed E-state index contributed by atoms with van der Waals surface area (Å²) in [7, 11) is 0. The number of aryl methyl sites for hydroxylation is 2. The number of hydrogen-bond donors (Lipinski definition) is 0. The fourth-order valence-electron chi connectivity index (χ4n) is 3.27. The predicted molar refractivity (Wildman–Crippen MR) is 122 cm³/mol. The van der Waals surface area contributed by atoms with Gasteiger partial charge in [-0.2, -0.15) is 0 Å². The lowest BCUT2D eigenvalue weighted by Gasteiger charge is -2.20. The normalized spacial score (nSPS) is 11.0. The number of anilines is 1. The monoisotopic (exact) mass is 419 g/mol. The number of amides is 1. The third-order valence-electron chi connectivity index (χ3n) is 4.66. The second-order valence-electron chi connectivity index (χ2n) is 6.87. The minimum absolute atomic E-state index is 0.0695. The Morgan fingerprint density at radius 2 is 1.97 bits per heavy atom. The number of rotatable bonds is 5. The van der Waals surface area contributed by atoms with Gasteiger partial charge in [0.25, 0.3) is 5.91 Å². The largest absolute Gasteiger partial charge is 0.278 e. The number of benzene rings is 2. The molecule has 0 spiro atoms. The molecule has 0 aliphatic carbocycles. The van der Waals surface area contributed by atoms with Crippen molar-refractivity contribution in [1.82, 2.24) is 9.97 Å². The molecule has 0 saturated heterocycles. The van der Waals surface area contributed by atoms with E-state index in [1.165, 1.54) is 5.56 Å². The first-order valence-corrected chi connectivity index (χ1v) is 11.3. The highest BCUT2D eigenvalue weighted by Gasteiger charge is 2.23. The minimum atomic E-state index is -0.0695. The highest BCUT2D eigenvalue weighted by atomic mass is 32.2. The number of aromatic nitrogens is 2. The smallest absolute Gasteiger partial charge is 0.260 e. The predicted octanol–water partition coefficient (Wildman–Crippen LogP) is 5.88. The Morgan fingerprint density at radius 1 is 1.10 bits per heavy atom. The van der Waals surface area contributed by atoms with Crippen LogP contribution in [0.2, 0.25) is 0 Å². The zero-order chi connectivity index (χ0) is 20.4. The van der Waals surface area contributed by atoms with E-state index in [1.807, 2.05) is 48.7 Å². The summed E-state index contributed by atoms with van der Waals surface area (Å²) in [6, 6.07) is 17.7. The zero-order valence-corrected chi connectivity index (χ0v) is 18.2. The fourth-order valence-corrected chi connectivity index (χ4v) is 4.87. The molecular weight excluding hydrogens is 398 g/mol. The summed E-state index contributed by atoms with van der Waals surface area (Å²) in [4.78, 5) is 25.5. The van der Waals surface area contributed by atoms with Gasteiger partial charge in [0.2, 0.25) is 0 Å². The molecule has 0 atom stereocenters. The topological polar surface area (TPSA) is 46.1 Å². The average molecular weight is 420 g/mol. The van der Waals surface area contributed by atoms with E-state index in [9.17, 15) is 4.79 Å². The summed E-state index contributed by atoms with van der Waals surface area (Å²) in [5.41, 5.74) is 4.75. The number of pyridine rings is 1. The van der Waals surface area contributed by atoms with Crippen molar-refractivity contribution >= 4 is 44.4 Å². The van der Waals surface area contributed by atoms with Gasteiger partial charge >= 0.3 is 0 Å². The lowest BCUT2D eigenvalue weighted by molar-refractivity contribution is 0.0984. The molecule has 4 rings (SSSR count). The maximum absolute atomic E-state index is 13.5. The molecule has 0 unspecified atom stereocenters. The van der Waals surface area contributed by atoms with E-state index < -0.39 is 0 Å². The van der Waals surface area contributed by atoms with Crippen LogP contribution in [-0.4, -0.2) is 22.1 Å². The SMILES string of the molecule is CSc1cccc(C(=O)N(Cc2ccccn2)c2nc3c(C)cc(C)cc3s2)c1. The maximum atomic E-state index is 13.5. The molecule has 29 heavy (non-hydrogen) atoms. The molecule has 0 fully saturated rings. The van der Waals surface area contributed by atoms with Gasteiger partial charge in [0, 0.05) is 16.7 Å². The molecule has 4 nitrogen and oxygen atoms in total. The zero-order valence-electron chi connectivity index (χ0n) is 16.5. The van der Waals surface area contributed by atoms with Crippen molar-refractivity contribution in [3.8, 4) is 0 Å². The molecule has 0 aliphatic heterocycles. The molecule has 4 aromatic rings. The van der Waals surface area contributed by atoms with Crippen LogP contribution in [0.15, 0.2) is 65.7 Å². The van der Waals surface area contributed by atoms with E-state index in [1.54, 1.807) is 34.2 Å². The van der Waals surface area contributed by atoms with Crippen LogP contribution in [0.4, 0.5) is 5.13 Å². The minimum Gasteiger partial charge on any atom is -0.278 e. The Labute approximate surface area is 178 Å². The van der Waals surface area contributed by atoms with E-state index >= 15 is 0 Å². The van der Waals surface area contributed by atoms with Gasteiger partial charge < -0.3 is 0 Å². The summed E-state index contributed by atoms with van der Waals surface area (Å²) >= 11 is 3.17. The molecule has 2 aromatic carbocycles. The van der Waals surface area contributed by atoms with Gasteiger partial charge in [0.1, 0.15) is 0 Å². The van der Waals surface area contributed by atoms with Gasteiger partial charge in [0.05, 0.1) is 22.5 Å². The van der Waals surface area contributed by atoms with Gasteiger partial charge in [-0.15, -0.1) is 11.8 Å². The quantitative estimate of drug-likeness (QED) is 0.379. The average Bonchev–Trinajstić information content (AvgIpc) is 3.16. The van der Waals surface area contributed by atoms with Crippen molar-refractivity contribution in [3.05, 3.63) is 83.2 Å². The van der Waals surface area contributed by atoms with Crippen molar-refractivity contribution in [3.63, 3.8) is 0 Å². The molecular formula is C23H21N3OS2. The lowest BCUT2D eigenvalue weighted by Crippen LogP contribution is -2.30. The van der Waals surface area contributed by atoms with Crippen LogP contribution in [0.3, 0.4) is 0 Å². The number of nitrogens with zero attached hydrogens (tertiary/aromatic N) is 3. The van der Waals surface area contributed by atoms with Crippen LogP contribution in [0.1, 0.15) is 27.2 Å². The van der Waals surface area contributed by atoms with Gasteiger partial charge in [-0.3, -0.25) is 14.7 Å². The molecule has 0 aliphatic rings. The first kappa shape index (κ1) is 19.6. The Hall–Kier alpha value is -2.70. The number of fused-ring (bicyclic) bond motifs is 1. The van der Waals surface area contributed by atoms with Crippen LogP contribution < -0.4 is 4.90 Å². The maximum Gasteiger partial charge on any atom is 0.260 e. The lowest BCUT2D eigenvalue weighted by atomic mass is 10.1. The number of thiazole rings is 1. The van der Waals surface area contributed by atoms with Crippen LogP contribution >= 0.6 is 23.1 Å². The summed E-state index contributed by atoms with van der Waals surface area (Å²) < 4.78 is 1.09. The molecule has 0 N–H and O–H groups in total. The van der Waals surface area contributed by atoms with Crippen molar-refractivity contribution in [1.29, 1.82) is 0 Å².